The molecule has 0 atom stereocenters. The summed E-state index contributed by atoms with van der Waals surface area (Å²) in [7, 11) is -3.67. The molecule has 2 aromatic rings. The van der Waals surface area contributed by atoms with E-state index in [1.54, 1.807) is 30.3 Å². The normalized spacial score (nSPS) is 13.7. The molecule has 23 heavy (non-hydrogen) atoms. The molecular weight excluding hydrogens is 382 g/mol. The minimum atomic E-state index is -3.67. The zero-order valence-corrected chi connectivity index (χ0v) is 14.9. The fourth-order valence-corrected chi connectivity index (χ4v) is 4.15. The summed E-state index contributed by atoms with van der Waals surface area (Å²) >= 11 is 3.37. The topological polar surface area (TPSA) is 64.6 Å². The van der Waals surface area contributed by atoms with Crippen LogP contribution in [0, 0.1) is 0 Å². The van der Waals surface area contributed by atoms with Crippen molar-refractivity contribution in [1.29, 1.82) is 0 Å². The van der Waals surface area contributed by atoms with E-state index in [0.29, 0.717) is 36.8 Å². The highest BCUT2D eigenvalue weighted by molar-refractivity contribution is 9.10. The lowest BCUT2D eigenvalue weighted by Gasteiger charge is -2.19. The molecule has 2 aromatic carbocycles. The lowest BCUT2D eigenvalue weighted by Crippen LogP contribution is -2.17. The van der Waals surface area contributed by atoms with Crippen LogP contribution in [0.25, 0.3) is 0 Å². The molecule has 0 radical (unpaired) electrons. The molecule has 0 unspecified atom stereocenters. The van der Waals surface area contributed by atoms with Gasteiger partial charge in [-0.05, 0) is 42.3 Å². The van der Waals surface area contributed by atoms with Gasteiger partial charge in [-0.3, -0.25) is 4.72 Å². The van der Waals surface area contributed by atoms with Gasteiger partial charge in [-0.1, -0.05) is 22.9 Å². The van der Waals surface area contributed by atoms with E-state index in [2.05, 4.69) is 20.7 Å². The minimum absolute atomic E-state index is 0.276. The quantitative estimate of drug-likeness (QED) is 0.855. The van der Waals surface area contributed by atoms with Crippen LogP contribution in [0.1, 0.15) is 12.5 Å². The van der Waals surface area contributed by atoms with Crippen LogP contribution < -0.4 is 14.2 Å². The molecule has 0 saturated carbocycles. The molecule has 0 aromatic heterocycles. The standard InChI is InChI=1S/C16H16BrNO4S/c1-2-11-9-12(17)3-6-16(11)23(19,20)18-13-4-5-14-15(10-13)22-8-7-21-14/h3-6,9-10,18H,2,7-8H2,1H3. The Hall–Kier alpha value is -1.73. The molecular formula is C16H16BrNO4S. The second-order valence-corrected chi connectivity index (χ2v) is 7.64. The number of hydrogen-bond acceptors (Lipinski definition) is 4. The maximum atomic E-state index is 12.7. The third-order valence-electron chi connectivity index (χ3n) is 3.49. The van der Waals surface area contributed by atoms with Crippen LogP contribution in [0.5, 0.6) is 11.5 Å². The highest BCUT2D eigenvalue weighted by atomic mass is 79.9. The van der Waals surface area contributed by atoms with Gasteiger partial charge in [-0.15, -0.1) is 0 Å². The van der Waals surface area contributed by atoms with Crippen molar-refractivity contribution in [3.8, 4) is 11.5 Å². The van der Waals surface area contributed by atoms with E-state index in [-0.39, 0.29) is 4.90 Å². The highest BCUT2D eigenvalue weighted by Gasteiger charge is 2.20. The number of sulfonamides is 1. The number of aryl methyl sites for hydroxylation is 1. The predicted octanol–water partition coefficient (Wildman–Crippen LogP) is 3.58. The van der Waals surface area contributed by atoms with Gasteiger partial charge in [-0.25, -0.2) is 8.42 Å². The van der Waals surface area contributed by atoms with Gasteiger partial charge in [0.05, 0.1) is 10.6 Å². The first-order chi connectivity index (χ1) is 11.0. The van der Waals surface area contributed by atoms with Gasteiger partial charge in [-0.2, -0.15) is 0 Å². The summed E-state index contributed by atoms with van der Waals surface area (Å²) in [6.45, 7) is 2.87. The van der Waals surface area contributed by atoms with Crippen molar-refractivity contribution in [3.63, 3.8) is 0 Å². The Morgan fingerprint density at radius 2 is 1.83 bits per heavy atom. The Labute approximate surface area is 143 Å². The molecule has 7 heteroatoms. The zero-order valence-electron chi connectivity index (χ0n) is 12.5. The molecule has 0 aliphatic carbocycles. The van der Waals surface area contributed by atoms with Crippen LogP contribution in [0.4, 0.5) is 5.69 Å². The third-order valence-corrected chi connectivity index (χ3v) is 5.46. The predicted molar refractivity (Wildman–Crippen MR) is 91.8 cm³/mol. The van der Waals surface area contributed by atoms with E-state index in [1.165, 1.54) is 0 Å². The van der Waals surface area contributed by atoms with E-state index in [0.717, 1.165) is 10.0 Å². The number of benzene rings is 2. The second-order valence-electron chi connectivity index (χ2n) is 5.07. The van der Waals surface area contributed by atoms with Gasteiger partial charge in [0.25, 0.3) is 10.0 Å². The van der Waals surface area contributed by atoms with E-state index in [1.807, 2.05) is 13.0 Å². The van der Waals surface area contributed by atoms with Crippen molar-refractivity contribution < 1.29 is 17.9 Å². The maximum Gasteiger partial charge on any atom is 0.262 e. The molecule has 1 aliphatic rings. The minimum Gasteiger partial charge on any atom is -0.486 e. The third kappa shape index (κ3) is 3.45. The van der Waals surface area contributed by atoms with Crippen LogP contribution >= 0.6 is 15.9 Å². The first-order valence-corrected chi connectivity index (χ1v) is 9.48. The number of fused-ring (bicyclic) bond motifs is 1. The molecule has 0 bridgehead atoms. The van der Waals surface area contributed by atoms with E-state index < -0.39 is 10.0 Å². The molecule has 1 heterocycles. The lowest BCUT2D eigenvalue weighted by atomic mass is 10.2. The maximum absolute atomic E-state index is 12.7. The summed E-state index contributed by atoms with van der Waals surface area (Å²) in [5.74, 6) is 1.17. The Balaban J connectivity index is 1.92. The second kappa shape index (κ2) is 6.41. The number of nitrogens with one attached hydrogen (secondary N) is 1. The van der Waals surface area contributed by atoms with E-state index in [4.69, 9.17) is 9.47 Å². The number of anilines is 1. The van der Waals surface area contributed by atoms with Gasteiger partial charge < -0.3 is 9.47 Å². The average molecular weight is 398 g/mol. The van der Waals surface area contributed by atoms with Crippen molar-refractivity contribution in [1.82, 2.24) is 0 Å². The van der Waals surface area contributed by atoms with Crippen molar-refractivity contribution >= 4 is 31.6 Å². The molecule has 1 aliphatic heterocycles. The van der Waals surface area contributed by atoms with Crippen LogP contribution in [0.3, 0.4) is 0 Å². The molecule has 5 nitrogen and oxygen atoms in total. The van der Waals surface area contributed by atoms with Crippen LogP contribution in [0.2, 0.25) is 0 Å². The Morgan fingerprint density at radius 1 is 1.09 bits per heavy atom. The fraction of sp³-hybridized carbons (Fsp3) is 0.250. The van der Waals surface area contributed by atoms with Crippen molar-refractivity contribution in [2.24, 2.45) is 0 Å². The molecule has 122 valence electrons. The fourth-order valence-electron chi connectivity index (χ4n) is 2.40. The first kappa shape index (κ1) is 16.1. The zero-order chi connectivity index (χ0) is 16.4. The van der Waals surface area contributed by atoms with Crippen molar-refractivity contribution in [2.75, 3.05) is 17.9 Å². The molecule has 0 saturated heterocycles. The molecule has 0 amide bonds. The first-order valence-electron chi connectivity index (χ1n) is 7.20. The van der Waals surface area contributed by atoms with Gasteiger partial charge in [0, 0.05) is 10.5 Å². The van der Waals surface area contributed by atoms with Crippen LogP contribution in [-0.4, -0.2) is 21.6 Å². The molecule has 1 N–H and O–H groups in total. The number of rotatable bonds is 4. The summed E-state index contributed by atoms with van der Waals surface area (Å²) < 4.78 is 39.7. The van der Waals surface area contributed by atoms with Crippen LogP contribution in [-0.2, 0) is 16.4 Å². The van der Waals surface area contributed by atoms with Gasteiger partial charge in [0.1, 0.15) is 13.2 Å². The van der Waals surface area contributed by atoms with Gasteiger partial charge in [0.2, 0.25) is 0 Å². The SMILES string of the molecule is CCc1cc(Br)ccc1S(=O)(=O)Nc1ccc2c(c1)OCCO2. The number of halogens is 1. The average Bonchev–Trinajstić information content (AvgIpc) is 2.54. The van der Waals surface area contributed by atoms with Crippen LogP contribution in [0.15, 0.2) is 45.8 Å². The highest BCUT2D eigenvalue weighted by Crippen LogP contribution is 2.33. The lowest BCUT2D eigenvalue weighted by molar-refractivity contribution is 0.171. The van der Waals surface area contributed by atoms with Crippen molar-refractivity contribution in [3.05, 3.63) is 46.4 Å². The van der Waals surface area contributed by atoms with Gasteiger partial charge >= 0.3 is 0 Å². The van der Waals surface area contributed by atoms with Crippen molar-refractivity contribution in [2.45, 2.75) is 18.2 Å². The summed E-state index contributed by atoms with van der Waals surface area (Å²) in [4.78, 5) is 0.276. The molecule has 0 spiro atoms. The molecule has 3 rings (SSSR count). The summed E-state index contributed by atoms with van der Waals surface area (Å²) in [5, 5.41) is 0. The van der Waals surface area contributed by atoms with E-state index >= 15 is 0 Å². The Kier molecular flexibility index (Phi) is 4.50. The number of ether oxygens (including phenoxy) is 2. The summed E-state index contributed by atoms with van der Waals surface area (Å²) in [6, 6.07) is 10.1. The largest absolute Gasteiger partial charge is 0.486 e. The Morgan fingerprint density at radius 3 is 2.57 bits per heavy atom. The summed E-state index contributed by atoms with van der Waals surface area (Å²) in [5.41, 5.74) is 1.20. The van der Waals surface area contributed by atoms with Gasteiger partial charge in [0.15, 0.2) is 11.5 Å². The monoisotopic (exact) mass is 397 g/mol. The Bertz CT molecular complexity index is 836. The number of hydrogen-bond donors (Lipinski definition) is 1. The summed E-state index contributed by atoms with van der Waals surface area (Å²) in [6.07, 6.45) is 0.622. The van der Waals surface area contributed by atoms with E-state index in [9.17, 15) is 8.42 Å². The smallest absolute Gasteiger partial charge is 0.262 e. The molecule has 0 fully saturated rings.